The first-order valence-electron chi connectivity index (χ1n) is 19.2. The van der Waals surface area contributed by atoms with Gasteiger partial charge in [0.2, 0.25) is 0 Å². The van der Waals surface area contributed by atoms with Gasteiger partial charge in [0.05, 0.1) is 22.4 Å². The van der Waals surface area contributed by atoms with E-state index in [9.17, 15) is 0 Å². The summed E-state index contributed by atoms with van der Waals surface area (Å²) in [5.74, 6) is 0.815. The van der Waals surface area contributed by atoms with E-state index in [1.165, 1.54) is 26.9 Å². The predicted molar refractivity (Wildman–Crippen MR) is 236 cm³/mol. The fourth-order valence-electron chi connectivity index (χ4n) is 8.46. The van der Waals surface area contributed by atoms with E-state index in [-0.39, 0.29) is 20.1 Å². The Bertz CT molecular complexity index is 3500. The van der Waals surface area contributed by atoms with Crippen LogP contribution in [0.2, 0.25) is 0 Å². The monoisotopic (exact) mass is 920 g/mol. The molecule has 4 aromatic heterocycles. The average molecular weight is 920 g/mol. The number of rotatable bonds is 2. The van der Waals surface area contributed by atoms with Gasteiger partial charge in [-0.2, -0.15) is 0 Å². The Morgan fingerprint density at radius 1 is 0.569 bits per heavy atom. The molecule has 4 nitrogen and oxygen atoms in total. The Labute approximate surface area is 348 Å². The Morgan fingerprint density at radius 2 is 1.21 bits per heavy atom. The maximum absolute atomic E-state index is 6.77. The van der Waals surface area contributed by atoms with Gasteiger partial charge in [-0.15, -0.1) is 53.6 Å². The summed E-state index contributed by atoms with van der Waals surface area (Å²) in [6, 6.07) is 68.0. The summed E-state index contributed by atoms with van der Waals surface area (Å²) in [5.41, 5.74) is 8.76. The minimum atomic E-state index is 0. The molecule has 0 atom stereocenters. The predicted octanol–water partition coefficient (Wildman–Crippen LogP) is 13.9. The Kier molecular flexibility index (Phi) is 8.90. The molecule has 0 fully saturated rings. The quantitative estimate of drug-likeness (QED) is 0.162. The molecule has 0 bridgehead atoms. The standard InChI is InChI=1S/C42H25N2O.C11H8N.Ir/c1-25-21-22-34(41-39(25)35-23-26-11-2-3-12-27(26)24-38(35)45-41)42-43-36-19-10-18-33-31-16-7-5-14-29(31)28-13-4-6-15-30(28)32-17-8-9-20-37(32)44(42)40(33)36;1-2-6-10(7-3-1)11-8-4-5-9-12-11;/h2-21,23-24H,1H3;1-6,8-9H;/q2*-1;. The second-order valence-corrected chi connectivity index (χ2v) is 14.4. The van der Waals surface area contributed by atoms with Crippen LogP contribution in [0.5, 0.6) is 0 Å². The van der Waals surface area contributed by atoms with Crippen LogP contribution >= 0.6 is 0 Å². The number of furan rings is 1. The molecule has 12 aromatic rings. The molecule has 0 aliphatic carbocycles. The van der Waals surface area contributed by atoms with Crippen molar-refractivity contribution in [1.82, 2.24) is 14.4 Å². The van der Waals surface area contributed by atoms with E-state index < -0.39 is 0 Å². The molecule has 12 rings (SSSR count). The molecule has 5 heteroatoms. The third-order valence-corrected chi connectivity index (χ3v) is 11.0. The second kappa shape index (κ2) is 14.5. The van der Waals surface area contributed by atoms with Crippen molar-refractivity contribution in [1.29, 1.82) is 0 Å². The number of benzene rings is 8. The number of nitrogens with zero attached hydrogens (tertiary/aromatic N) is 3. The van der Waals surface area contributed by atoms with E-state index in [1.54, 1.807) is 6.20 Å². The van der Waals surface area contributed by atoms with Gasteiger partial charge in [0.1, 0.15) is 5.58 Å². The smallest absolute Gasteiger partial charge is 0.121 e. The van der Waals surface area contributed by atoms with E-state index >= 15 is 0 Å². The maximum atomic E-state index is 6.77. The number of hydrogen-bond acceptors (Lipinski definition) is 3. The number of hydrogen-bond donors (Lipinski definition) is 0. The average Bonchev–Trinajstić information content (AvgIpc) is 3.86. The number of imidazole rings is 1. The number of pyridine rings is 1. The molecular formula is C53H33IrN3O-2. The van der Waals surface area contributed by atoms with Crippen molar-refractivity contribution in [3.8, 4) is 22.6 Å². The van der Waals surface area contributed by atoms with Crippen molar-refractivity contribution in [3.05, 3.63) is 200 Å². The molecule has 0 aliphatic heterocycles. The molecule has 0 aliphatic rings. The van der Waals surface area contributed by atoms with Crippen LogP contribution in [-0.4, -0.2) is 14.4 Å². The van der Waals surface area contributed by atoms with Gasteiger partial charge < -0.3 is 13.8 Å². The first kappa shape index (κ1) is 35.5. The minimum absolute atomic E-state index is 0. The minimum Gasteiger partial charge on any atom is -0.501 e. The van der Waals surface area contributed by atoms with Gasteiger partial charge in [0.15, 0.2) is 0 Å². The SMILES string of the molecule is Cc1c[c-]c(-c2nc3cccc4c5ccccc5c5ccccc5c5ccccc5n2c34)c2oc3cc4ccccc4cc3c12.[Ir].[c-]1ccccc1-c1ccccn1. The number of fused-ring (bicyclic) bond motifs is 11. The van der Waals surface area contributed by atoms with Gasteiger partial charge in [-0.1, -0.05) is 133 Å². The second-order valence-electron chi connectivity index (χ2n) is 14.4. The summed E-state index contributed by atoms with van der Waals surface area (Å²) >= 11 is 0. The van der Waals surface area contributed by atoms with Gasteiger partial charge in [0, 0.05) is 48.0 Å². The Balaban J connectivity index is 0.000000270. The van der Waals surface area contributed by atoms with Gasteiger partial charge in [-0.05, 0) is 68.3 Å². The molecule has 0 saturated heterocycles. The van der Waals surface area contributed by atoms with E-state index in [4.69, 9.17) is 9.40 Å². The topological polar surface area (TPSA) is 43.3 Å². The molecule has 0 N–H and O–H groups in total. The van der Waals surface area contributed by atoms with Gasteiger partial charge in [0.25, 0.3) is 0 Å². The summed E-state index contributed by atoms with van der Waals surface area (Å²) < 4.78 is 9.10. The molecule has 8 aromatic carbocycles. The van der Waals surface area contributed by atoms with Crippen LogP contribution in [0.1, 0.15) is 5.56 Å². The van der Waals surface area contributed by atoms with Crippen LogP contribution in [0.3, 0.4) is 0 Å². The molecule has 0 amide bonds. The summed E-state index contributed by atoms with van der Waals surface area (Å²) in [5, 5.41) is 11.7. The van der Waals surface area contributed by atoms with Crippen LogP contribution in [0.25, 0.3) is 104 Å². The summed E-state index contributed by atoms with van der Waals surface area (Å²) in [4.78, 5) is 9.59. The van der Waals surface area contributed by atoms with Crippen LogP contribution in [0.4, 0.5) is 0 Å². The van der Waals surface area contributed by atoms with E-state index in [0.29, 0.717) is 0 Å². The normalized spacial score (nSPS) is 11.4. The van der Waals surface area contributed by atoms with Crippen molar-refractivity contribution in [2.45, 2.75) is 6.92 Å². The summed E-state index contributed by atoms with van der Waals surface area (Å²) in [7, 11) is 0. The first-order valence-corrected chi connectivity index (χ1v) is 19.2. The molecule has 0 spiro atoms. The molecule has 0 saturated carbocycles. The third-order valence-electron chi connectivity index (χ3n) is 11.0. The molecular weight excluding hydrogens is 887 g/mol. The Morgan fingerprint density at radius 3 is 1.93 bits per heavy atom. The van der Waals surface area contributed by atoms with Crippen LogP contribution in [0.15, 0.2) is 187 Å². The fraction of sp³-hybridized carbons (Fsp3) is 0.0189. The molecule has 4 heterocycles. The van der Waals surface area contributed by atoms with Crippen LogP contribution in [0, 0.1) is 19.1 Å². The van der Waals surface area contributed by atoms with Gasteiger partial charge >= 0.3 is 0 Å². The van der Waals surface area contributed by atoms with Crippen molar-refractivity contribution >= 4 is 81.6 Å². The van der Waals surface area contributed by atoms with E-state index in [2.05, 4.69) is 162 Å². The number of aromatic nitrogens is 3. The van der Waals surface area contributed by atoms with Gasteiger partial charge in [-0.25, -0.2) is 0 Å². The van der Waals surface area contributed by atoms with Gasteiger partial charge in [-0.3, -0.25) is 4.98 Å². The largest absolute Gasteiger partial charge is 0.501 e. The third kappa shape index (κ3) is 5.78. The van der Waals surface area contributed by atoms with Crippen molar-refractivity contribution in [2.24, 2.45) is 0 Å². The number of para-hydroxylation sites is 2. The molecule has 1 radical (unpaired) electrons. The molecule has 277 valence electrons. The number of aryl methyl sites for hydroxylation is 1. The Hall–Kier alpha value is -6.91. The molecule has 58 heavy (non-hydrogen) atoms. The fourth-order valence-corrected chi connectivity index (χ4v) is 8.46. The zero-order chi connectivity index (χ0) is 37.9. The maximum Gasteiger partial charge on any atom is 0.121 e. The van der Waals surface area contributed by atoms with E-state index in [1.807, 2.05) is 42.5 Å². The van der Waals surface area contributed by atoms with Crippen molar-refractivity contribution < 1.29 is 24.5 Å². The zero-order valence-electron chi connectivity index (χ0n) is 31.4. The summed E-state index contributed by atoms with van der Waals surface area (Å²) in [6.45, 7) is 2.14. The zero-order valence-corrected chi connectivity index (χ0v) is 33.8. The summed E-state index contributed by atoms with van der Waals surface area (Å²) in [6.07, 6.45) is 1.79. The van der Waals surface area contributed by atoms with Crippen molar-refractivity contribution in [2.75, 3.05) is 0 Å². The van der Waals surface area contributed by atoms with Crippen LogP contribution < -0.4 is 0 Å². The van der Waals surface area contributed by atoms with E-state index in [0.717, 1.165) is 82.9 Å². The first-order chi connectivity index (χ1) is 28.2. The molecule has 0 unspecified atom stereocenters. The van der Waals surface area contributed by atoms with Crippen LogP contribution in [-0.2, 0) is 20.1 Å². The van der Waals surface area contributed by atoms with Crippen molar-refractivity contribution in [3.63, 3.8) is 0 Å².